The van der Waals surface area contributed by atoms with E-state index < -0.39 is 23.9 Å². The molecule has 0 bridgehead atoms. The summed E-state index contributed by atoms with van der Waals surface area (Å²) < 4.78 is 9.62. The van der Waals surface area contributed by atoms with E-state index in [1.807, 2.05) is 24.3 Å². The summed E-state index contributed by atoms with van der Waals surface area (Å²) in [6, 6.07) is 6.21. The first-order valence-electron chi connectivity index (χ1n) is 8.58. The highest BCUT2D eigenvalue weighted by Gasteiger charge is 2.30. The van der Waals surface area contributed by atoms with E-state index in [0.717, 1.165) is 11.3 Å². The number of anilines is 1. The minimum atomic E-state index is -1.44. The van der Waals surface area contributed by atoms with Gasteiger partial charge in [0.25, 0.3) is 0 Å². The van der Waals surface area contributed by atoms with Gasteiger partial charge in [0.05, 0.1) is 13.2 Å². The second-order valence-corrected chi connectivity index (χ2v) is 5.37. The third-order valence-corrected chi connectivity index (χ3v) is 3.40. The molecule has 1 amide bonds. The smallest absolute Gasteiger partial charge is 0.340 e. The van der Waals surface area contributed by atoms with E-state index in [0.29, 0.717) is 13.0 Å². The molecule has 0 aliphatic rings. The van der Waals surface area contributed by atoms with Crippen molar-refractivity contribution in [3.05, 3.63) is 42.5 Å². The zero-order valence-corrected chi connectivity index (χ0v) is 15.2. The van der Waals surface area contributed by atoms with Crippen LogP contribution >= 0.6 is 0 Å². The standard InChI is InChI=1S/C19H26N2O5/c1-4-13-20-15-10-7-14(8-11-15)9-12-16(22)21-17(18(23)25-5-2)19(24)26-6-3/h4,7-8,10-11,17,20H,1,5-6,9,12-13H2,2-3H3,(H,21,22). The fourth-order valence-corrected chi connectivity index (χ4v) is 2.14. The van der Waals surface area contributed by atoms with E-state index in [9.17, 15) is 14.4 Å². The number of nitrogens with one attached hydrogen (secondary N) is 2. The molecule has 0 aliphatic carbocycles. The van der Waals surface area contributed by atoms with Crippen LogP contribution in [0.2, 0.25) is 0 Å². The van der Waals surface area contributed by atoms with Crippen molar-refractivity contribution in [1.29, 1.82) is 0 Å². The summed E-state index contributed by atoms with van der Waals surface area (Å²) in [6.45, 7) is 7.77. The minimum absolute atomic E-state index is 0.108. The Bertz CT molecular complexity index is 595. The van der Waals surface area contributed by atoms with Crippen LogP contribution in [0.25, 0.3) is 0 Å². The Kier molecular flexibility index (Phi) is 9.53. The van der Waals surface area contributed by atoms with Gasteiger partial charge in [-0.2, -0.15) is 0 Å². The molecule has 0 heterocycles. The Morgan fingerprint density at radius 1 is 1.08 bits per heavy atom. The number of carbonyl (C=O) groups is 3. The summed E-state index contributed by atoms with van der Waals surface area (Å²) in [5.41, 5.74) is 1.93. The lowest BCUT2D eigenvalue weighted by molar-refractivity contribution is -0.159. The average Bonchev–Trinajstić information content (AvgIpc) is 2.63. The van der Waals surface area contributed by atoms with E-state index >= 15 is 0 Å². The lowest BCUT2D eigenvalue weighted by Crippen LogP contribution is -2.48. The van der Waals surface area contributed by atoms with Gasteiger partial charge in [-0.3, -0.25) is 4.79 Å². The number of esters is 2. The highest BCUT2D eigenvalue weighted by Crippen LogP contribution is 2.11. The van der Waals surface area contributed by atoms with Crippen LogP contribution < -0.4 is 10.6 Å². The summed E-state index contributed by atoms with van der Waals surface area (Å²) in [4.78, 5) is 35.8. The summed E-state index contributed by atoms with van der Waals surface area (Å²) in [6.07, 6.45) is 2.38. The maximum atomic E-state index is 12.1. The minimum Gasteiger partial charge on any atom is -0.464 e. The zero-order valence-electron chi connectivity index (χ0n) is 15.2. The number of benzene rings is 1. The average molecular weight is 362 g/mol. The normalized spacial score (nSPS) is 10.1. The lowest BCUT2D eigenvalue weighted by Gasteiger charge is -2.15. The number of hydrogen-bond acceptors (Lipinski definition) is 6. The molecule has 1 aromatic carbocycles. The number of ether oxygens (including phenoxy) is 2. The van der Waals surface area contributed by atoms with Crippen LogP contribution in [0.1, 0.15) is 25.8 Å². The molecule has 0 unspecified atom stereocenters. The van der Waals surface area contributed by atoms with Crippen molar-refractivity contribution in [3.63, 3.8) is 0 Å². The van der Waals surface area contributed by atoms with Gasteiger partial charge in [-0.05, 0) is 38.0 Å². The number of rotatable bonds is 11. The molecule has 0 spiro atoms. The quantitative estimate of drug-likeness (QED) is 0.354. The number of amides is 1. The summed E-state index contributed by atoms with van der Waals surface area (Å²) >= 11 is 0. The second kappa shape index (κ2) is 11.7. The van der Waals surface area contributed by atoms with Gasteiger partial charge in [0.2, 0.25) is 11.9 Å². The molecule has 26 heavy (non-hydrogen) atoms. The van der Waals surface area contributed by atoms with Gasteiger partial charge in [-0.1, -0.05) is 18.2 Å². The van der Waals surface area contributed by atoms with Gasteiger partial charge >= 0.3 is 11.9 Å². The summed E-state index contributed by atoms with van der Waals surface area (Å²) in [7, 11) is 0. The Morgan fingerprint density at radius 3 is 2.15 bits per heavy atom. The van der Waals surface area contributed by atoms with Crippen molar-refractivity contribution in [2.75, 3.05) is 25.1 Å². The van der Waals surface area contributed by atoms with Crippen LogP contribution in [-0.4, -0.2) is 43.6 Å². The Morgan fingerprint density at radius 2 is 1.65 bits per heavy atom. The third kappa shape index (κ3) is 7.38. The molecule has 0 atom stereocenters. The summed E-state index contributed by atoms with van der Waals surface area (Å²) in [5, 5.41) is 5.55. The van der Waals surface area contributed by atoms with Crippen molar-refractivity contribution < 1.29 is 23.9 Å². The SMILES string of the molecule is C=CCNc1ccc(CCC(=O)NC(C(=O)OCC)C(=O)OCC)cc1. The maximum absolute atomic E-state index is 12.1. The molecule has 0 saturated carbocycles. The first-order chi connectivity index (χ1) is 12.5. The van der Waals surface area contributed by atoms with Crippen molar-refractivity contribution in [1.82, 2.24) is 5.32 Å². The Labute approximate surface area is 153 Å². The topological polar surface area (TPSA) is 93.7 Å². The molecule has 0 fully saturated rings. The maximum Gasteiger partial charge on any atom is 0.340 e. The molecule has 7 heteroatoms. The van der Waals surface area contributed by atoms with Gasteiger partial charge in [0, 0.05) is 18.7 Å². The van der Waals surface area contributed by atoms with Crippen LogP contribution in [0.4, 0.5) is 5.69 Å². The predicted molar refractivity (Wildman–Crippen MR) is 98.6 cm³/mol. The molecule has 2 N–H and O–H groups in total. The van der Waals surface area contributed by atoms with Crippen LogP contribution in [0, 0.1) is 0 Å². The zero-order chi connectivity index (χ0) is 19.4. The highest BCUT2D eigenvalue weighted by atomic mass is 16.6. The van der Waals surface area contributed by atoms with E-state index in [1.165, 1.54) is 0 Å². The van der Waals surface area contributed by atoms with Gasteiger partial charge in [0.15, 0.2) is 0 Å². The molecule has 0 saturated heterocycles. The molecule has 142 valence electrons. The molecule has 7 nitrogen and oxygen atoms in total. The predicted octanol–water partition coefficient (Wildman–Crippen LogP) is 1.83. The fourth-order valence-electron chi connectivity index (χ4n) is 2.14. The molecule has 1 aromatic rings. The van der Waals surface area contributed by atoms with Crippen LogP contribution in [0.3, 0.4) is 0 Å². The Hall–Kier alpha value is -2.83. The number of aryl methyl sites for hydroxylation is 1. The van der Waals surface area contributed by atoms with Gasteiger partial charge < -0.3 is 20.1 Å². The van der Waals surface area contributed by atoms with E-state index in [1.54, 1.807) is 19.9 Å². The van der Waals surface area contributed by atoms with Gasteiger partial charge in [-0.25, -0.2) is 9.59 Å². The fraction of sp³-hybridized carbons (Fsp3) is 0.421. The largest absolute Gasteiger partial charge is 0.464 e. The van der Waals surface area contributed by atoms with Gasteiger partial charge in [-0.15, -0.1) is 6.58 Å². The molecule has 0 aliphatic heterocycles. The summed E-state index contributed by atoms with van der Waals surface area (Å²) in [5.74, 6) is -2.07. The van der Waals surface area contributed by atoms with Crippen LogP contribution in [0.5, 0.6) is 0 Å². The van der Waals surface area contributed by atoms with Gasteiger partial charge in [0.1, 0.15) is 0 Å². The van der Waals surface area contributed by atoms with E-state index in [2.05, 4.69) is 17.2 Å². The van der Waals surface area contributed by atoms with Crippen molar-refractivity contribution in [3.8, 4) is 0 Å². The monoisotopic (exact) mass is 362 g/mol. The lowest BCUT2D eigenvalue weighted by atomic mass is 10.1. The Balaban J connectivity index is 2.57. The molecular weight excluding hydrogens is 336 g/mol. The van der Waals surface area contributed by atoms with Crippen molar-refractivity contribution in [2.45, 2.75) is 32.7 Å². The number of carbonyl (C=O) groups excluding carboxylic acids is 3. The second-order valence-electron chi connectivity index (χ2n) is 5.37. The van der Waals surface area contributed by atoms with Crippen LogP contribution in [-0.2, 0) is 30.3 Å². The molecule has 0 aromatic heterocycles. The molecule has 0 radical (unpaired) electrons. The van der Waals surface area contributed by atoms with E-state index in [-0.39, 0.29) is 19.6 Å². The first kappa shape index (κ1) is 21.2. The molecular formula is C19H26N2O5. The van der Waals surface area contributed by atoms with Crippen LogP contribution in [0.15, 0.2) is 36.9 Å². The van der Waals surface area contributed by atoms with Crippen molar-refractivity contribution >= 4 is 23.5 Å². The highest BCUT2D eigenvalue weighted by molar-refractivity contribution is 6.02. The molecule has 1 rings (SSSR count). The first-order valence-corrected chi connectivity index (χ1v) is 8.58. The van der Waals surface area contributed by atoms with E-state index in [4.69, 9.17) is 9.47 Å². The number of hydrogen-bond donors (Lipinski definition) is 2. The van der Waals surface area contributed by atoms with Crippen molar-refractivity contribution in [2.24, 2.45) is 0 Å². The third-order valence-electron chi connectivity index (χ3n) is 3.40.